The summed E-state index contributed by atoms with van der Waals surface area (Å²) in [5.41, 5.74) is 8.55. The van der Waals surface area contributed by atoms with Crippen molar-refractivity contribution in [2.75, 3.05) is 52.8 Å². The van der Waals surface area contributed by atoms with E-state index >= 15 is 0 Å². The van der Waals surface area contributed by atoms with Crippen molar-refractivity contribution in [1.29, 1.82) is 0 Å². The topological polar surface area (TPSA) is 216 Å². The zero-order valence-electron chi connectivity index (χ0n) is 63.1. The molecule has 5 aromatic rings. The number of hydrogen-bond acceptors (Lipinski definition) is 15. The zero-order valence-corrected chi connectivity index (χ0v) is 68.9. The lowest BCUT2D eigenvalue weighted by Gasteiger charge is -2.25. The van der Waals surface area contributed by atoms with Gasteiger partial charge in [0.1, 0.15) is 7.06 Å². The van der Waals surface area contributed by atoms with Crippen molar-refractivity contribution < 1.29 is 53.7 Å². The van der Waals surface area contributed by atoms with Crippen molar-refractivity contribution in [1.82, 2.24) is 15.1 Å². The van der Waals surface area contributed by atoms with Crippen LogP contribution in [0.25, 0.3) is 0 Å². The first-order valence-corrected chi connectivity index (χ1v) is 41.4. The molecule has 107 heavy (non-hydrogen) atoms. The van der Waals surface area contributed by atoms with Gasteiger partial charge >= 0.3 is 11.9 Å². The largest absolute Gasteiger partial charge is 0.481 e. The summed E-state index contributed by atoms with van der Waals surface area (Å²) in [5.74, 6) is 1.07. The smallest absolute Gasteiger partial charge is 0.303 e. The molecule has 0 aliphatic carbocycles. The number of amides is 3. The summed E-state index contributed by atoms with van der Waals surface area (Å²) in [6.45, 7) is 23.2. The van der Waals surface area contributed by atoms with Crippen molar-refractivity contribution in [2.45, 2.75) is 218 Å². The van der Waals surface area contributed by atoms with Crippen LogP contribution in [-0.2, 0) is 40.9 Å². The van der Waals surface area contributed by atoms with E-state index in [1.165, 1.54) is 90.6 Å². The maximum atomic E-state index is 13.7. The number of aliphatic carboxylic acids is 2. The molecular weight excluding hydrogens is 1470 g/mol. The highest BCUT2D eigenvalue weighted by Gasteiger charge is 2.34. The molecule has 5 aromatic carbocycles. The second kappa shape index (κ2) is 68.0. The minimum Gasteiger partial charge on any atom is -0.481 e. The third-order valence-corrected chi connectivity index (χ3v) is 23.2. The molecule has 5 rings (SSSR count). The van der Waals surface area contributed by atoms with E-state index in [2.05, 4.69) is 74.8 Å². The summed E-state index contributed by atoms with van der Waals surface area (Å²) < 4.78 is 1.82. The molecule has 0 heterocycles. The number of carboxylic acid groups (broad SMARTS) is 2. The first kappa shape index (κ1) is 110. The number of aliphatic hydroxyl groups excluding tert-OH is 1. The Morgan fingerprint density at radius 3 is 1.41 bits per heavy atom. The van der Waals surface area contributed by atoms with Crippen LogP contribution in [0, 0.1) is 40.5 Å². The van der Waals surface area contributed by atoms with Crippen molar-refractivity contribution in [3.63, 3.8) is 0 Å². The molecule has 0 saturated heterocycles. The fourth-order valence-electron chi connectivity index (χ4n) is 10.00. The molecule has 598 valence electrons. The number of aryl methyl sites for hydroxylation is 6. The number of ketones is 1. The molecule has 0 bridgehead atoms. The highest BCUT2D eigenvalue weighted by Crippen LogP contribution is 2.45. The number of carbonyl (C=O) groups is 8. The van der Waals surface area contributed by atoms with Crippen LogP contribution in [-0.4, -0.2) is 137 Å². The van der Waals surface area contributed by atoms with Crippen LogP contribution in [0.15, 0.2) is 147 Å². The Kier molecular flexibility index (Phi) is 69.6. The summed E-state index contributed by atoms with van der Waals surface area (Å²) in [6, 6.07) is 39.9. The summed E-state index contributed by atoms with van der Waals surface area (Å²) >= 11 is 17.6. The Balaban J connectivity index is -0.000000432. The van der Waals surface area contributed by atoms with Crippen molar-refractivity contribution in [2.24, 2.45) is 5.92 Å². The molecule has 0 aromatic heterocycles. The fraction of sp³-hybridized carbons (Fsp3) is 0.488. The van der Waals surface area contributed by atoms with Crippen LogP contribution >= 0.6 is 79.4 Å². The lowest BCUT2D eigenvalue weighted by atomic mass is 9.93. The van der Waals surface area contributed by atoms with Crippen LogP contribution in [0.2, 0.25) is 0 Å². The van der Waals surface area contributed by atoms with E-state index in [9.17, 15) is 38.4 Å². The second-order valence-electron chi connectivity index (χ2n) is 24.7. The summed E-state index contributed by atoms with van der Waals surface area (Å²) in [4.78, 5) is 98.5. The number of allylic oxidation sites excluding steroid dienone is 1. The molecule has 21 heteroatoms. The normalized spacial score (nSPS) is 10.7. The number of thioether (sulfide) groups is 4. The minimum atomic E-state index is -1.68. The van der Waals surface area contributed by atoms with Crippen LogP contribution in [0.3, 0.4) is 0 Å². The lowest BCUT2D eigenvalue weighted by Crippen LogP contribution is -2.38. The third kappa shape index (κ3) is 51.9. The first-order chi connectivity index (χ1) is 49.1. The predicted molar refractivity (Wildman–Crippen MR) is 476 cm³/mol. The maximum absolute atomic E-state index is 13.7. The number of nitrogens with one attached hydrogen (secondary N) is 1. The molecule has 3 amide bonds. The van der Waals surface area contributed by atoms with E-state index in [0.717, 1.165) is 77.4 Å². The van der Waals surface area contributed by atoms with Gasteiger partial charge in [-0.25, -0.2) is 0 Å². The monoisotopic (exact) mass is 1610 g/mol. The van der Waals surface area contributed by atoms with Crippen LogP contribution in [0.4, 0.5) is 0 Å². The van der Waals surface area contributed by atoms with Gasteiger partial charge in [-0.3, -0.25) is 38.4 Å². The van der Waals surface area contributed by atoms with Crippen LogP contribution in [0.1, 0.15) is 226 Å². The molecule has 0 saturated carbocycles. The Morgan fingerprint density at radius 2 is 0.972 bits per heavy atom. The van der Waals surface area contributed by atoms with Crippen molar-refractivity contribution in [3.8, 4) is 0 Å². The molecular formula is C86H132N3O11PS6. The van der Waals surface area contributed by atoms with E-state index in [-0.39, 0.29) is 89.6 Å². The van der Waals surface area contributed by atoms with Gasteiger partial charge in [0.25, 0.3) is 0 Å². The molecule has 0 spiro atoms. The predicted octanol–water partition coefficient (Wildman–Crippen LogP) is 21.9. The lowest BCUT2D eigenvalue weighted by molar-refractivity contribution is -0.138. The highest BCUT2D eigenvalue weighted by atomic mass is 32.2. The number of likely N-dealkylation sites (N-methyl/N-ethyl adjacent to an activating group) is 1. The van der Waals surface area contributed by atoms with Gasteiger partial charge in [0.15, 0.2) is 16.8 Å². The number of unbranched alkanes of at least 4 members (excludes halogenated alkanes) is 9. The number of hydrogen-bond donors (Lipinski definition) is 4. The molecule has 0 aliphatic rings. The van der Waals surface area contributed by atoms with Gasteiger partial charge < -0.3 is 30.4 Å². The number of benzene rings is 5. The highest BCUT2D eigenvalue weighted by molar-refractivity contribution is 8.47. The zero-order chi connectivity index (χ0) is 77.5. The van der Waals surface area contributed by atoms with Gasteiger partial charge in [0.2, 0.25) is 17.7 Å². The standard InChI is InChI=1S/C27H42N2O4S3.C25H25O2P.C14H20S3.C9H14O3.C5H9NO.C2H6O.4CH4/c1-4-5-6-12-19-35-27(34)36-23(25(32)28-18-11-10-15-24(30)31)20-22(26(33)29(2)3)17-16-21-13-8-7-9-14-21;1-16-14-19(4)23(20(5)15-16)25(27)28(21-12-7-6-8-13-21)24(26)22-17(2)10-9-11-18(22)3;1-2-3-4-8-11-16-14(15)17-12-13-9-6-5-7-10-13;1-2-8(10)6-4-3-5-7-9(11)12;1-4-5(7)6(2)3;1-2-3;;;;/h7-9,13-14,22-23H,4-6,10-12,15-20H2,1-3H3,(H,28,32)(H,30,31);6-15H,1-5H3;5-7,9-10H,2-4,8,11-12H2,1H3;2H,1,3-7H2,(H,11,12);4H,1H2,2-3H3;3H,2H2,1H3;4*1H4. The fourth-order valence-corrected chi connectivity index (χ4v) is 17.2. The van der Waals surface area contributed by atoms with E-state index in [1.54, 1.807) is 63.5 Å². The third-order valence-electron chi connectivity index (χ3n) is 15.4. The number of rotatable bonds is 38. The van der Waals surface area contributed by atoms with Crippen LogP contribution < -0.4 is 10.6 Å². The molecule has 14 nitrogen and oxygen atoms in total. The van der Waals surface area contributed by atoms with Crippen molar-refractivity contribution >= 4 is 138 Å². The Labute approximate surface area is 675 Å². The van der Waals surface area contributed by atoms with E-state index < -0.39 is 25.1 Å². The van der Waals surface area contributed by atoms with E-state index in [4.69, 9.17) is 39.8 Å². The molecule has 0 radical (unpaired) electrons. The Hall–Kier alpha value is -6.09. The Bertz CT molecular complexity index is 3300. The molecule has 0 fully saturated rings. The van der Waals surface area contributed by atoms with Gasteiger partial charge in [-0.1, -0.05) is 265 Å². The summed E-state index contributed by atoms with van der Waals surface area (Å²) in [5, 5.41) is 27.9. The van der Waals surface area contributed by atoms with Gasteiger partial charge in [-0.2, -0.15) is 0 Å². The van der Waals surface area contributed by atoms with Gasteiger partial charge in [-0.15, -0.1) is 35.3 Å². The van der Waals surface area contributed by atoms with Gasteiger partial charge in [-0.05, 0) is 162 Å². The minimum absolute atomic E-state index is 0. The van der Waals surface area contributed by atoms with Crippen LogP contribution in [0.5, 0.6) is 0 Å². The van der Waals surface area contributed by atoms with Crippen molar-refractivity contribution in [3.05, 3.63) is 197 Å². The Morgan fingerprint density at radius 1 is 0.533 bits per heavy atom. The molecule has 0 aliphatic heterocycles. The second-order valence-corrected chi connectivity index (χ2v) is 33.5. The van der Waals surface area contributed by atoms with Gasteiger partial charge in [0, 0.05) is 83.4 Å². The number of carboxylic acids is 2. The molecule has 3 unspecified atom stereocenters. The first-order valence-electron chi connectivity index (χ1n) is 35.4. The van der Waals surface area contributed by atoms with E-state index in [0.29, 0.717) is 56.2 Å². The molecule has 4 N–H and O–H groups in total. The number of thiocarbonyl (C=S) groups is 2. The molecule has 3 atom stereocenters. The quantitative estimate of drug-likeness (QED) is 0.0125. The number of aliphatic hydroxyl groups is 1. The maximum Gasteiger partial charge on any atom is 0.303 e. The van der Waals surface area contributed by atoms with E-state index in [1.807, 2.05) is 125 Å². The average Bonchev–Trinajstić information content (AvgIpc) is 0.781. The summed E-state index contributed by atoms with van der Waals surface area (Å²) in [7, 11) is 5.18. The number of carbonyl (C=O) groups excluding carboxylic acids is 6. The SMILES string of the molecule is C.C.C.C.C=CC(=O)CCCCCC(=O)O.C=CC(=O)N(C)C.CCCCCCSC(=S)SC(CC(CCc1ccccc1)C(=O)N(C)C)C(=O)NCCCCC(=O)O.CCCCCCSC(=S)SCc1ccccc1.CCO.Cc1cc(C)c(C(=O)P(C(=O)c2c(C)cccc2C)c2ccccc2)c(C)c1. The number of nitrogens with zero attached hydrogens (tertiary/aromatic N) is 2. The average molecular weight is 1610 g/mol. The summed E-state index contributed by atoms with van der Waals surface area (Å²) in [6.07, 6.45) is 18.5. The van der Waals surface area contributed by atoms with Gasteiger partial charge in [0.05, 0.1) is 13.2 Å².